The number of nitrogens with zero attached hydrogens (tertiary/aromatic N) is 1. The topological polar surface area (TPSA) is 71.5 Å². The van der Waals surface area contributed by atoms with Crippen LogP contribution in [-0.2, 0) is 20.2 Å². The van der Waals surface area contributed by atoms with Gasteiger partial charge in [-0.15, -0.1) is 3.89 Å². The summed E-state index contributed by atoms with van der Waals surface area (Å²) in [6.07, 6.45) is 1.73. The van der Waals surface area contributed by atoms with Gasteiger partial charge in [0.05, 0.1) is 9.79 Å². The van der Waals surface area contributed by atoms with Gasteiger partial charge in [-0.05, 0) is 37.0 Å². The molecule has 0 N–H and O–H groups in total. The van der Waals surface area contributed by atoms with Crippen molar-refractivity contribution >= 4 is 20.2 Å². The van der Waals surface area contributed by atoms with Crippen LogP contribution in [0, 0.1) is 5.92 Å². The highest BCUT2D eigenvalue weighted by Crippen LogP contribution is 2.25. The van der Waals surface area contributed by atoms with Crippen molar-refractivity contribution in [2.45, 2.75) is 29.6 Å². The van der Waals surface area contributed by atoms with Crippen LogP contribution in [0.15, 0.2) is 34.1 Å². The highest BCUT2D eigenvalue weighted by Gasteiger charge is 2.29. The molecule has 8 heteroatoms. The van der Waals surface area contributed by atoms with E-state index < -0.39 is 25.1 Å². The van der Waals surface area contributed by atoms with E-state index in [1.54, 1.807) is 0 Å². The summed E-state index contributed by atoms with van der Waals surface area (Å²) in [4.78, 5) is -0.825. The van der Waals surface area contributed by atoms with Crippen molar-refractivity contribution < 1.29 is 20.7 Å². The third-order valence-electron chi connectivity index (χ3n) is 3.34. The van der Waals surface area contributed by atoms with Gasteiger partial charge in [0.15, 0.2) is 0 Å². The third kappa shape index (κ3) is 3.18. The molecule has 20 heavy (non-hydrogen) atoms. The highest BCUT2D eigenvalue weighted by molar-refractivity contribution is 7.89. The van der Waals surface area contributed by atoms with Crippen LogP contribution < -0.4 is 0 Å². The maximum absolute atomic E-state index is 13.0. The number of sulfonamides is 1. The van der Waals surface area contributed by atoms with Crippen molar-refractivity contribution in [2.75, 3.05) is 13.1 Å². The van der Waals surface area contributed by atoms with E-state index in [4.69, 9.17) is 0 Å². The number of halogens is 1. The molecule has 2 rings (SSSR count). The lowest BCUT2D eigenvalue weighted by Gasteiger charge is -2.30. The molecule has 1 heterocycles. The lowest BCUT2D eigenvalue weighted by molar-refractivity contribution is 0.281. The van der Waals surface area contributed by atoms with Crippen LogP contribution in [0.3, 0.4) is 0 Å². The summed E-state index contributed by atoms with van der Waals surface area (Å²) in [7, 11) is -8.69. The Morgan fingerprint density at radius 3 is 2.45 bits per heavy atom. The molecular formula is C12H16FNO4S2. The number of hydrogen-bond acceptors (Lipinski definition) is 4. The maximum atomic E-state index is 13.0. The molecular weight excluding hydrogens is 305 g/mol. The standard InChI is InChI=1S/C12H16FNO4S2/c1-10-4-3-7-14(9-10)20(17,18)12-6-2-5-11(8-12)19(13,15)16/h2,5-6,8,10H,3-4,7,9H2,1H3. The third-order valence-corrected chi connectivity index (χ3v) is 6.02. The minimum absolute atomic E-state index is 0.190. The van der Waals surface area contributed by atoms with Crippen LogP contribution in [-0.4, -0.2) is 34.2 Å². The second-order valence-electron chi connectivity index (χ2n) is 5.02. The summed E-state index contributed by atoms with van der Waals surface area (Å²) in [6, 6.07) is 4.41. The minimum Gasteiger partial charge on any atom is -0.207 e. The fourth-order valence-corrected chi connectivity index (χ4v) is 4.53. The lowest BCUT2D eigenvalue weighted by atomic mass is 10.0. The van der Waals surface area contributed by atoms with Gasteiger partial charge in [0.2, 0.25) is 10.0 Å². The second kappa shape index (κ2) is 5.42. The molecule has 0 aromatic heterocycles. The average Bonchev–Trinajstić information content (AvgIpc) is 2.38. The van der Waals surface area contributed by atoms with Crippen LogP contribution in [0.2, 0.25) is 0 Å². The Balaban J connectivity index is 2.39. The van der Waals surface area contributed by atoms with E-state index in [1.807, 2.05) is 6.92 Å². The predicted molar refractivity (Wildman–Crippen MR) is 71.9 cm³/mol. The highest BCUT2D eigenvalue weighted by atomic mass is 32.3. The summed E-state index contributed by atoms with van der Waals surface area (Å²) < 4.78 is 60.9. The van der Waals surface area contributed by atoms with Crippen molar-refractivity contribution in [1.82, 2.24) is 4.31 Å². The van der Waals surface area contributed by atoms with Gasteiger partial charge in [-0.1, -0.05) is 13.0 Å². The monoisotopic (exact) mass is 321 g/mol. The fraction of sp³-hybridized carbons (Fsp3) is 0.500. The Bertz CT molecular complexity index is 700. The zero-order valence-electron chi connectivity index (χ0n) is 11.0. The summed E-state index contributed by atoms with van der Waals surface area (Å²) in [5.74, 6) is 0.256. The first kappa shape index (κ1) is 15.4. The van der Waals surface area contributed by atoms with Crippen molar-refractivity contribution in [1.29, 1.82) is 0 Å². The Hall–Kier alpha value is -0.990. The van der Waals surface area contributed by atoms with Crippen LogP contribution in [0.5, 0.6) is 0 Å². The minimum atomic E-state index is -4.91. The molecule has 1 aliphatic heterocycles. The van der Waals surface area contributed by atoms with Crippen LogP contribution in [0.1, 0.15) is 19.8 Å². The zero-order valence-corrected chi connectivity index (χ0v) is 12.6. The van der Waals surface area contributed by atoms with Gasteiger partial charge >= 0.3 is 10.2 Å². The average molecular weight is 321 g/mol. The van der Waals surface area contributed by atoms with Crippen molar-refractivity contribution in [3.8, 4) is 0 Å². The fourth-order valence-electron chi connectivity index (χ4n) is 2.30. The van der Waals surface area contributed by atoms with Gasteiger partial charge in [-0.25, -0.2) is 8.42 Å². The molecule has 112 valence electrons. The molecule has 1 aromatic carbocycles. The van der Waals surface area contributed by atoms with Crippen molar-refractivity contribution in [3.05, 3.63) is 24.3 Å². The first-order chi connectivity index (χ1) is 9.21. The number of rotatable bonds is 3. The Morgan fingerprint density at radius 2 is 1.85 bits per heavy atom. The van der Waals surface area contributed by atoms with E-state index in [0.29, 0.717) is 13.1 Å². The summed E-state index contributed by atoms with van der Waals surface area (Å²) >= 11 is 0. The Kier molecular flexibility index (Phi) is 4.17. The van der Waals surface area contributed by atoms with Gasteiger partial charge in [-0.2, -0.15) is 12.7 Å². The first-order valence-corrected chi connectivity index (χ1v) is 9.08. The van der Waals surface area contributed by atoms with E-state index in [1.165, 1.54) is 16.4 Å². The zero-order chi connectivity index (χ0) is 15.0. The van der Waals surface area contributed by atoms with Crippen molar-refractivity contribution in [2.24, 2.45) is 5.92 Å². The van der Waals surface area contributed by atoms with Gasteiger partial charge in [0, 0.05) is 13.1 Å². The molecule has 1 aromatic rings. The van der Waals surface area contributed by atoms with Gasteiger partial charge < -0.3 is 0 Å². The number of piperidine rings is 1. The molecule has 0 spiro atoms. The summed E-state index contributed by atoms with van der Waals surface area (Å²) in [5, 5.41) is 0. The van der Waals surface area contributed by atoms with E-state index in [9.17, 15) is 20.7 Å². The first-order valence-electron chi connectivity index (χ1n) is 6.26. The molecule has 1 aliphatic rings. The molecule has 0 bridgehead atoms. The largest absolute Gasteiger partial charge is 0.332 e. The van der Waals surface area contributed by atoms with Crippen LogP contribution in [0.25, 0.3) is 0 Å². The van der Waals surface area contributed by atoms with Gasteiger partial charge in [0.1, 0.15) is 0 Å². The van der Waals surface area contributed by atoms with E-state index in [-0.39, 0.29) is 10.8 Å². The van der Waals surface area contributed by atoms with Crippen LogP contribution in [0.4, 0.5) is 3.89 Å². The molecule has 1 fully saturated rings. The van der Waals surface area contributed by atoms with Crippen molar-refractivity contribution in [3.63, 3.8) is 0 Å². The van der Waals surface area contributed by atoms with E-state index in [2.05, 4.69) is 0 Å². The molecule has 0 radical (unpaired) electrons. The number of benzene rings is 1. The molecule has 0 amide bonds. The lowest BCUT2D eigenvalue weighted by Crippen LogP contribution is -2.39. The molecule has 0 saturated carbocycles. The summed E-state index contributed by atoms with van der Waals surface area (Å²) in [6.45, 7) is 2.76. The summed E-state index contributed by atoms with van der Waals surface area (Å²) in [5.41, 5.74) is 0. The second-order valence-corrected chi connectivity index (χ2v) is 8.31. The predicted octanol–water partition coefficient (Wildman–Crippen LogP) is 1.77. The SMILES string of the molecule is CC1CCCN(S(=O)(=O)c2cccc(S(=O)(=O)F)c2)C1. The van der Waals surface area contributed by atoms with Gasteiger partial charge in [0.25, 0.3) is 0 Å². The molecule has 1 saturated heterocycles. The normalized spacial score (nSPS) is 21.8. The molecule has 0 aliphatic carbocycles. The molecule has 1 unspecified atom stereocenters. The maximum Gasteiger partial charge on any atom is 0.332 e. The van der Waals surface area contributed by atoms with Crippen LogP contribution >= 0.6 is 0 Å². The molecule has 1 atom stereocenters. The van der Waals surface area contributed by atoms with E-state index >= 15 is 0 Å². The quantitative estimate of drug-likeness (QED) is 0.795. The smallest absolute Gasteiger partial charge is 0.207 e. The Labute approximate surface area is 118 Å². The Morgan fingerprint density at radius 1 is 1.20 bits per heavy atom. The van der Waals surface area contributed by atoms with E-state index in [0.717, 1.165) is 25.0 Å². The number of hydrogen-bond donors (Lipinski definition) is 0. The van der Waals surface area contributed by atoms with Gasteiger partial charge in [-0.3, -0.25) is 0 Å². The molecule has 5 nitrogen and oxygen atoms in total.